The van der Waals surface area contributed by atoms with Crippen LogP contribution in [-0.4, -0.2) is 41.6 Å². The second-order valence-electron chi connectivity index (χ2n) is 6.22. The van der Waals surface area contributed by atoms with E-state index in [1.165, 1.54) is 23.1 Å². The molecule has 0 saturated heterocycles. The van der Waals surface area contributed by atoms with Crippen molar-refractivity contribution in [1.82, 2.24) is 29.9 Å². The van der Waals surface area contributed by atoms with Crippen LogP contribution in [0.25, 0.3) is 11.4 Å². The fourth-order valence-electron chi connectivity index (χ4n) is 2.42. The van der Waals surface area contributed by atoms with Crippen molar-refractivity contribution in [3.63, 3.8) is 0 Å². The molecule has 0 saturated carbocycles. The van der Waals surface area contributed by atoms with E-state index in [9.17, 15) is 4.79 Å². The molecule has 3 rings (SSSR count). The van der Waals surface area contributed by atoms with E-state index in [1.807, 2.05) is 23.6 Å². The number of pyridine rings is 1. The molecule has 0 aliphatic rings. The third kappa shape index (κ3) is 5.10. The SMILES string of the molecule is CCn1c(SCC(=O)Nc2nnc(CC(C)C)s2)nnc1-c1ccncc1. The van der Waals surface area contributed by atoms with Gasteiger partial charge in [-0.1, -0.05) is 36.9 Å². The Morgan fingerprint density at radius 2 is 2.00 bits per heavy atom. The number of carbonyl (C=O) groups excluding carboxylic acids is 1. The van der Waals surface area contributed by atoms with Crippen LogP contribution in [0.4, 0.5) is 5.13 Å². The summed E-state index contributed by atoms with van der Waals surface area (Å²) in [6, 6.07) is 3.78. The number of carbonyl (C=O) groups is 1. The summed E-state index contributed by atoms with van der Waals surface area (Å²) < 4.78 is 1.99. The van der Waals surface area contributed by atoms with Gasteiger partial charge in [-0.3, -0.25) is 15.1 Å². The number of nitrogens with one attached hydrogen (secondary N) is 1. The van der Waals surface area contributed by atoms with Crippen LogP contribution in [0.15, 0.2) is 29.7 Å². The first-order valence-electron chi connectivity index (χ1n) is 8.65. The molecule has 0 bridgehead atoms. The van der Waals surface area contributed by atoms with E-state index in [0.717, 1.165) is 22.8 Å². The minimum atomic E-state index is -0.136. The van der Waals surface area contributed by atoms with Gasteiger partial charge in [-0.15, -0.1) is 20.4 Å². The third-order valence-corrected chi connectivity index (χ3v) is 5.43. The molecule has 1 amide bonds. The van der Waals surface area contributed by atoms with Crippen molar-refractivity contribution in [1.29, 1.82) is 0 Å². The molecular formula is C17H21N7OS2. The van der Waals surface area contributed by atoms with Crippen LogP contribution < -0.4 is 5.32 Å². The van der Waals surface area contributed by atoms with Crippen LogP contribution in [0.3, 0.4) is 0 Å². The molecule has 3 heterocycles. The molecule has 0 atom stereocenters. The number of amides is 1. The van der Waals surface area contributed by atoms with Gasteiger partial charge in [-0.05, 0) is 25.0 Å². The number of aromatic nitrogens is 6. The van der Waals surface area contributed by atoms with E-state index in [1.54, 1.807) is 12.4 Å². The zero-order valence-electron chi connectivity index (χ0n) is 15.4. The first kappa shape index (κ1) is 19.4. The number of hydrogen-bond donors (Lipinski definition) is 1. The molecule has 1 N–H and O–H groups in total. The highest BCUT2D eigenvalue weighted by atomic mass is 32.2. The predicted octanol–water partition coefficient (Wildman–Crippen LogP) is 3.14. The topological polar surface area (TPSA) is 98.5 Å². The minimum absolute atomic E-state index is 0.136. The largest absolute Gasteiger partial charge is 0.302 e. The average molecular weight is 404 g/mol. The van der Waals surface area contributed by atoms with Gasteiger partial charge in [0.15, 0.2) is 11.0 Å². The summed E-state index contributed by atoms with van der Waals surface area (Å²) in [6.45, 7) is 6.99. The number of thioether (sulfide) groups is 1. The fraction of sp³-hybridized carbons (Fsp3) is 0.412. The molecule has 8 nitrogen and oxygen atoms in total. The third-order valence-electron chi connectivity index (χ3n) is 3.60. The lowest BCUT2D eigenvalue weighted by molar-refractivity contribution is -0.113. The van der Waals surface area contributed by atoms with Crippen LogP contribution in [0.1, 0.15) is 25.8 Å². The monoisotopic (exact) mass is 403 g/mol. The quantitative estimate of drug-likeness (QED) is 0.577. The molecular weight excluding hydrogens is 382 g/mol. The van der Waals surface area contributed by atoms with Gasteiger partial charge in [0.2, 0.25) is 11.0 Å². The lowest BCUT2D eigenvalue weighted by Crippen LogP contribution is -2.14. The summed E-state index contributed by atoms with van der Waals surface area (Å²) in [7, 11) is 0. The van der Waals surface area contributed by atoms with Gasteiger partial charge in [-0.2, -0.15) is 0 Å². The standard InChI is InChI=1S/C17H21N7OS2/c1-4-24-15(12-5-7-18-8-6-12)21-23-17(24)26-10-13(25)19-16-22-20-14(27-16)9-11(2)3/h5-8,11H,4,9-10H2,1-3H3,(H,19,22,25). The first-order chi connectivity index (χ1) is 13.1. The van der Waals surface area contributed by atoms with Gasteiger partial charge < -0.3 is 4.57 Å². The Balaban J connectivity index is 1.60. The zero-order valence-corrected chi connectivity index (χ0v) is 17.0. The minimum Gasteiger partial charge on any atom is -0.302 e. The molecule has 0 fully saturated rings. The molecule has 0 unspecified atom stereocenters. The van der Waals surface area contributed by atoms with Crippen molar-refractivity contribution in [2.24, 2.45) is 5.92 Å². The lowest BCUT2D eigenvalue weighted by atomic mass is 10.1. The van der Waals surface area contributed by atoms with Crippen LogP contribution in [0.5, 0.6) is 0 Å². The second-order valence-corrected chi connectivity index (χ2v) is 8.23. The maximum Gasteiger partial charge on any atom is 0.236 e. The van der Waals surface area contributed by atoms with E-state index < -0.39 is 0 Å². The van der Waals surface area contributed by atoms with Gasteiger partial charge in [0.25, 0.3) is 0 Å². The molecule has 27 heavy (non-hydrogen) atoms. The maximum atomic E-state index is 12.2. The van der Waals surface area contributed by atoms with E-state index in [2.05, 4.69) is 44.5 Å². The van der Waals surface area contributed by atoms with Crippen molar-refractivity contribution < 1.29 is 4.79 Å². The van der Waals surface area contributed by atoms with Crippen molar-refractivity contribution >= 4 is 34.1 Å². The summed E-state index contributed by atoms with van der Waals surface area (Å²) >= 11 is 2.77. The number of nitrogens with zero attached hydrogens (tertiary/aromatic N) is 6. The van der Waals surface area contributed by atoms with Crippen molar-refractivity contribution in [3.05, 3.63) is 29.5 Å². The Morgan fingerprint density at radius 3 is 2.70 bits per heavy atom. The van der Waals surface area contributed by atoms with E-state index >= 15 is 0 Å². The van der Waals surface area contributed by atoms with Crippen molar-refractivity contribution in [3.8, 4) is 11.4 Å². The van der Waals surface area contributed by atoms with E-state index in [4.69, 9.17) is 0 Å². The summed E-state index contributed by atoms with van der Waals surface area (Å²) in [6.07, 6.45) is 4.31. The van der Waals surface area contributed by atoms with Gasteiger partial charge in [0, 0.05) is 30.9 Å². The molecule has 0 radical (unpaired) electrons. The van der Waals surface area contributed by atoms with Gasteiger partial charge >= 0.3 is 0 Å². The zero-order chi connectivity index (χ0) is 19.2. The smallest absolute Gasteiger partial charge is 0.236 e. The molecule has 3 aromatic heterocycles. The number of rotatable bonds is 8. The summed E-state index contributed by atoms with van der Waals surface area (Å²) in [5.74, 6) is 1.37. The highest BCUT2D eigenvalue weighted by Crippen LogP contribution is 2.24. The van der Waals surface area contributed by atoms with Gasteiger partial charge in [-0.25, -0.2) is 0 Å². The number of anilines is 1. The van der Waals surface area contributed by atoms with Crippen LogP contribution in [0, 0.1) is 5.92 Å². The molecule has 10 heteroatoms. The second kappa shape index (κ2) is 9.05. The molecule has 3 aromatic rings. The Bertz CT molecular complexity index is 892. The Hall–Kier alpha value is -2.33. The van der Waals surface area contributed by atoms with E-state index in [0.29, 0.717) is 22.8 Å². The van der Waals surface area contributed by atoms with Gasteiger partial charge in [0.05, 0.1) is 5.75 Å². The molecule has 0 aromatic carbocycles. The summed E-state index contributed by atoms with van der Waals surface area (Å²) in [4.78, 5) is 16.3. The van der Waals surface area contributed by atoms with Crippen molar-refractivity contribution in [2.45, 2.75) is 38.9 Å². The average Bonchev–Trinajstić information content (AvgIpc) is 3.26. The first-order valence-corrected chi connectivity index (χ1v) is 10.5. The molecule has 0 spiro atoms. The maximum absolute atomic E-state index is 12.2. The number of hydrogen-bond acceptors (Lipinski definition) is 8. The van der Waals surface area contributed by atoms with Crippen molar-refractivity contribution in [2.75, 3.05) is 11.1 Å². The highest BCUT2D eigenvalue weighted by molar-refractivity contribution is 7.99. The van der Waals surface area contributed by atoms with Gasteiger partial charge in [0.1, 0.15) is 5.01 Å². The predicted molar refractivity (Wildman–Crippen MR) is 107 cm³/mol. The Kier molecular flexibility index (Phi) is 6.51. The highest BCUT2D eigenvalue weighted by Gasteiger charge is 2.15. The fourth-order valence-corrected chi connectivity index (χ4v) is 4.19. The van der Waals surface area contributed by atoms with Crippen LogP contribution in [0.2, 0.25) is 0 Å². The lowest BCUT2D eigenvalue weighted by Gasteiger charge is -2.07. The molecule has 142 valence electrons. The Morgan fingerprint density at radius 1 is 1.22 bits per heavy atom. The van der Waals surface area contributed by atoms with Crippen LogP contribution >= 0.6 is 23.1 Å². The normalized spacial score (nSPS) is 11.1. The summed E-state index contributed by atoms with van der Waals surface area (Å²) in [5.41, 5.74) is 0.946. The van der Waals surface area contributed by atoms with E-state index in [-0.39, 0.29) is 11.7 Å². The van der Waals surface area contributed by atoms with Crippen LogP contribution in [-0.2, 0) is 17.8 Å². The molecule has 0 aliphatic carbocycles. The summed E-state index contributed by atoms with van der Waals surface area (Å²) in [5, 5.41) is 21.6. The Labute approximate surface area is 165 Å². The molecule has 0 aliphatic heterocycles.